The van der Waals surface area contributed by atoms with Crippen LogP contribution in [0.2, 0.25) is 0 Å². The molecule has 0 aliphatic carbocycles. The second-order valence-electron chi connectivity index (χ2n) is 4.51. The summed E-state index contributed by atoms with van der Waals surface area (Å²) in [7, 11) is 0. The highest BCUT2D eigenvalue weighted by Gasteiger charge is 2.20. The number of carboxylic acids is 1. The van der Waals surface area contributed by atoms with Crippen molar-refractivity contribution in [1.82, 2.24) is 15.0 Å². The Morgan fingerprint density at radius 1 is 1.18 bits per heavy atom. The first kappa shape index (κ1) is 14.2. The molecule has 0 radical (unpaired) electrons. The predicted octanol–water partition coefficient (Wildman–Crippen LogP) is 3.41. The number of rotatable bonds is 4. The summed E-state index contributed by atoms with van der Waals surface area (Å²) in [6, 6.07) is 6.68. The second kappa shape index (κ2) is 5.90. The van der Waals surface area contributed by atoms with Crippen molar-refractivity contribution >= 4 is 34.1 Å². The van der Waals surface area contributed by atoms with Crippen molar-refractivity contribution < 1.29 is 9.90 Å². The van der Waals surface area contributed by atoms with E-state index in [4.69, 9.17) is 0 Å². The van der Waals surface area contributed by atoms with Gasteiger partial charge in [0.15, 0.2) is 5.13 Å². The van der Waals surface area contributed by atoms with Crippen LogP contribution in [0.15, 0.2) is 48.2 Å². The molecule has 0 aliphatic heterocycles. The number of carbonyl (C=O) groups is 1. The Balaban J connectivity index is 2.19. The highest BCUT2D eigenvalue weighted by Crippen LogP contribution is 2.35. The minimum absolute atomic E-state index is 0.207. The van der Waals surface area contributed by atoms with E-state index >= 15 is 0 Å². The van der Waals surface area contributed by atoms with Crippen molar-refractivity contribution in [3.8, 4) is 0 Å². The Morgan fingerprint density at radius 3 is 2.59 bits per heavy atom. The lowest BCUT2D eigenvalue weighted by Crippen LogP contribution is -2.14. The summed E-state index contributed by atoms with van der Waals surface area (Å²) in [6.07, 6.45) is 4.96. The zero-order valence-electron chi connectivity index (χ0n) is 11.7. The highest BCUT2D eigenvalue weighted by molar-refractivity contribution is 7.13. The fourth-order valence-corrected chi connectivity index (χ4v) is 2.66. The van der Waals surface area contributed by atoms with Crippen molar-refractivity contribution in [1.29, 1.82) is 0 Å². The summed E-state index contributed by atoms with van der Waals surface area (Å²) in [5.41, 5.74) is 1.81. The fourth-order valence-electron chi connectivity index (χ4n) is 2.01. The lowest BCUT2D eigenvalue weighted by Gasteiger charge is -2.21. The molecule has 3 aromatic rings. The van der Waals surface area contributed by atoms with E-state index in [1.807, 2.05) is 12.3 Å². The first-order chi connectivity index (χ1) is 10.7. The highest BCUT2D eigenvalue weighted by atomic mass is 32.1. The van der Waals surface area contributed by atoms with Gasteiger partial charge in [-0.3, -0.25) is 4.90 Å². The third-order valence-electron chi connectivity index (χ3n) is 3.06. The summed E-state index contributed by atoms with van der Waals surface area (Å²) in [6.45, 7) is 1.91. The van der Waals surface area contributed by atoms with Gasteiger partial charge in [-0.05, 0) is 30.7 Å². The summed E-state index contributed by atoms with van der Waals surface area (Å²) in [5.74, 6) is -0.530. The van der Waals surface area contributed by atoms with Crippen LogP contribution in [-0.4, -0.2) is 26.0 Å². The van der Waals surface area contributed by atoms with E-state index < -0.39 is 5.97 Å². The normalized spacial score (nSPS) is 10.4. The Morgan fingerprint density at radius 2 is 1.95 bits per heavy atom. The van der Waals surface area contributed by atoms with Crippen molar-refractivity contribution in [3.63, 3.8) is 0 Å². The van der Waals surface area contributed by atoms with E-state index in [0.717, 1.165) is 5.56 Å². The number of benzene rings is 1. The van der Waals surface area contributed by atoms with Crippen LogP contribution < -0.4 is 4.90 Å². The third-order valence-corrected chi connectivity index (χ3v) is 3.82. The molecule has 2 heterocycles. The molecule has 0 amide bonds. The van der Waals surface area contributed by atoms with E-state index in [9.17, 15) is 9.90 Å². The second-order valence-corrected chi connectivity index (χ2v) is 5.38. The number of thiazole rings is 1. The fraction of sp³-hybridized carbons (Fsp3) is 0.0667. The SMILES string of the molecule is Cc1ccc(C(=O)O)cc1N(c1ncccn1)c1nccs1. The number of aromatic nitrogens is 3. The van der Waals surface area contributed by atoms with Gasteiger partial charge in [-0.15, -0.1) is 11.3 Å². The summed E-state index contributed by atoms with van der Waals surface area (Å²) >= 11 is 1.43. The van der Waals surface area contributed by atoms with Gasteiger partial charge < -0.3 is 5.11 Å². The van der Waals surface area contributed by atoms with Crippen LogP contribution in [0.25, 0.3) is 0 Å². The van der Waals surface area contributed by atoms with Gasteiger partial charge >= 0.3 is 5.97 Å². The van der Waals surface area contributed by atoms with E-state index in [1.54, 1.807) is 47.8 Å². The van der Waals surface area contributed by atoms with Crippen LogP contribution in [0, 0.1) is 6.92 Å². The molecule has 0 atom stereocenters. The minimum atomic E-state index is -0.977. The van der Waals surface area contributed by atoms with Crippen LogP contribution in [0.3, 0.4) is 0 Å². The van der Waals surface area contributed by atoms with Crippen LogP contribution >= 0.6 is 11.3 Å². The molecule has 0 unspecified atom stereocenters. The molecule has 22 heavy (non-hydrogen) atoms. The van der Waals surface area contributed by atoms with E-state index in [0.29, 0.717) is 16.8 Å². The molecule has 0 spiro atoms. The zero-order valence-corrected chi connectivity index (χ0v) is 12.5. The van der Waals surface area contributed by atoms with Gasteiger partial charge in [-0.2, -0.15) is 0 Å². The Hall–Kier alpha value is -2.80. The van der Waals surface area contributed by atoms with Crippen LogP contribution in [0.1, 0.15) is 15.9 Å². The van der Waals surface area contributed by atoms with Gasteiger partial charge in [0.2, 0.25) is 5.95 Å². The summed E-state index contributed by atoms with van der Waals surface area (Å²) in [4.78, 5) is 25.8. The average molecular weight is 312 g/mol. The molecule has 110 valence electrons. The predicted molar refractivity (Wildman–Crippen MR) is 84.1 cm³/mol. The number of aromatic carboxylic acids is 1. The maximum Gasteiger partial charge on any atom is 0.335 e. The zero-order chi connectivity index (χ0) is 15.5. The maximum atomic E-state index is 11.2. The van der Waals surface area contributed by atoms with Gasteiger partial charge in [-0.25, -0.2) is 19.7 Å². The topological polar surface area (TPSA) is 79.2 Å². The minimum Gasteiger partial charge on any atom is -0.478 e. The smallest absolute Gasteiger partial charge is 0.335 e. The van der Waals surface area contributed by atoms with E-state index in [1.165, 1.54) is 11.3 Å². The van der Waals surface area contributed by atoms with Crippen LogP contribution in [0.4, 0.5) is 16.8 Å². The molecule has 1 N–H and O–H groups in total. The van der Waals surface area contributed by atoms with Gasteiger partial charge in [0, 0.05) is 24.0 Å². The van der Waals surface area contributed by atoms with E-state index in [2.05, 4.69) is 15.0 Å². The standard InChI is InChI=1S/C15H12N4O2S/c1-10-3-4-11(13(20)21)9-12(10)19(15-18-7-8-22-15)14-16-5-2-6-17-14/h2-9H,1H3,(H,20,21). The molecule has 0 saturated heterocycles. The molecule has 3 rings (SSSR count). The Kier molecular flexibility index (Phi) is 3.80. The van der Waals surface area contributed by atoms with Gasteiger partial charge in [0.1, 0.15) is 0 Å². The molecule has 1 aromatic carbocycles. The Labute approximate surface area is 130 Å². The number of anilines is 3. The molecular formula is C15H12N4O2S. The number of nitrogens with zero attached hydrogens (tertiary/aromatic N) is 4. The summed E-state index contributed by atoms with van der Waals surface area (Å²) in [5, 5.41) is 11.7. The first-order valence-corrected chi connectivity index (χ1v) is 7.35. The largest absolute Gasteiger partial charge is 0.478 e. The van der Waals surface area contributed by atoms with Crippen molar-refractivity contribution in [2.24, 2.45) is 0 Å². The van der Waals surface area contributed by atoms with Crippen molar-refractivity contribution in [3.05, 3.63) is 59.4 Å². The quantitative estimate of drug-likeness (QED) is 0.795. The molecular weight excluding hydrogens is 300 g/mol. The lowest BCUT2D eigenvalue weighted by atomic mass is 10.1. The molecule has 2 aromatic heterocycles. The maximum absolute atomic E-state index is 11.2. The molecule has 7 heteroatoms. The Bertz CT molecular complexity index is 791. The van der Waals surface area contributed by atoms with Crippen molar-refractivity contribution in [2.75, 3.05) is 4.90 Å². The van der Waals surface area contributed by atoms with Crippen molar-refractivity contribution in [2.45, 2.75) is 6.92 Å². The van der Waals surface area contributed by atoms with Crippen LogP contribution in [-0.2, 0) is 0 Å². The lowest BCUT2D eigenvalue weighted by molar-refractivity contribution is 0.0697. The van der Waals surface area contributed by atoms with Gasteiger partial charge in [0.25, 0.3) is 0 Å². The number of carboxylic acid groups (broad SMARTS) is 1. The third kappa shape index (κ3) is 2.66. The molecule has 0 bridgehead atoms. The van der Waals surface area contributed by atoms with E-state index in [-0.39, 0.29) is 5.56 Å². The molecule has 0 fully saturated rings. The number of aryl methyl sites for hydroxylation is 1. The van der Waals surface area contributed by atoms with Gasteiger partial charge in [0.05, 0.1) is 11.3 Å². The molecule has 6 nitrogen and oxygen atoms in total. The number of hydrogen-bond acceptors (Lipinski definition) is 6. The summed E-state index contributed by atoms with van der Waals surface area (Å²) < 4.78 is 0. The first-order valence-electron chi connectivity index (χ1n) is 6.47. The molecule has 0 aliphatic rings. The van der Waals surface area contributed by atoms with Gasteiger partial charge in [-0.1, -0.05) is 6.07 Å². The average Bonchev–Trinajstić information content (AvgIpc) is 3.04. The van der Waals surface area contributed by atoms with Crippen LogP contribution in [0.5, 0.6) is 0 Å². The molecule has 0 saturated carbocycles. The monoisotopic (exact) mass is 312 g/mol. The number of hydrogen-bond donors (Lipinski definition) is 1.